The Balaban J connectivity index is 1.65. The Bertz CT molecular complexity index is 537. The molecule has 3 rings (SSSR count). The summed E-state index contributed by atoms with van der Waals surface area (Å²) in [7, 11) is 0. The molecule has 1 atom stereocenters. The van der Waals surface area contributed by atoms with Gasteiger partial charge in [-0.1, -0.05) is 30.3 Å². The van der Waals surface area contributed by atoms with Crippen molar-refractivity contribution in [2.24, 2.45) is 5.92 Å². The summed E-state index contributed by atoms with van der Waals surface area (Å²) in [4.78, 5) is 5.24. The van der Waals surface area contributed by atoms with Crippen LogP contribution in [0.2, 0.25) is 0 Å². The van der Waals surface area contributed by atoms with Gasteiger partial charge in [0.25, 0.3) is 0 Å². The van der Waals surface area contributed by atoms with E-state index >= 15 is 0 Å². The summed E-state index contributed by atoms with van der Waals surface area (Å²) < 4.78 is 0. The molecule has 0 saturated carbocycles. The molecule has 0 aliphatic carbocycles. The maximum absolute atomic E-state index is 9.30. The molecule has 2 aromatic rings. The van der Waals surface area contributed by atoms with Crippen molar-refractivity contribution in [1.82, 2.24) is 4.90 Å². The summed E-state index contributed by atoms with van der Waals surface area (Å²) in [6, 6.07) is 15.0. The van der Waals surface area contributed by atoms with Gasteiger partial charge in [0.1, 0.15) is 0 Å². The summed E-state index contributed by atoms with van der Waals surface area (Å²) in [6.45, 7) is 3.55. The highest BCUT2D eigenvalue weighted by molar-refractivity contribution is 7.15. The van der Waals surface area contributed by atoms with E-state index in [0.717, 1.165) is 19.6 Å². The molecule has 3 heteroatoms. The van der Waals surface area contributed by atoms with E-state index in [9.17, 15) is 5.11 Å². The molecule has 106 valence electrons. The molecule has 1 aliphatic rings. The van der Waals surface area contributed by atoms with Crippen molar-refractivity contribution in [2.75, 3.05) is 19.7 Å². The van der Waals surface area contributed by atoms with E-state index in [-0.39, 0.29) is 0 Å². The summed E-state index contributed by atoms with van der Waals surface area (Å²) in [6.07, 6.45) is 2.38. The second-order valence-corrected chi connectivity index (χ2v) is 6.73. The lowest BCUT2D eigenvalue weighted by atomic mass is 9.99. The molecule has 0 amide bonds. The molecule has 1 fully saturated rings. The number of hydrogen-bond acceptors (Lipinski definition) is 3. The molecule has 0 bridgehead atoms. The topological polar surface area (TPSA) is 23.5 Å². The van der Waals surface area contributed by atoms with Crippen LogP contribution in [0.5, 0.6) is 0 Å². The van der Waals surface area contributed by atoms with E-state index in [0.29, 0.717) is 12.5 Å². The van der Waals surface area contributed by atoms with Crippen molar-refractivity contribution in [3.05, 3.63) is 47.3 Å². The number of thiophene rings is 1. The van der Waals surface area contributed by atoms with Gasteiger partial charge >= 0.3 is 0 Å². The zero-order valence-electron chi connectivity index (χ0n) is 11.7. The Hall–Kier alpha value is -1.16. The van der Waals surface area contributed by atoms with Crippen LogP contribution in [0.25, 0.3) is 10.4 Å². The molecule has 20 heavy (non-hydrogen) atoms. The molecule has 2 nitrogen and oxygen atoms in total. The third-order valence-electron chi connectivity index (χ3n) is 3.96. The minimum absolute atomic E-state index is 0.330. The minimum atomic E-state index is 0.330. The van der Waals surface area contributed by atoms with Crippen LogP contribution in [-0.2, 0) is 6.54 Å². The second-order valence-electron chi connectivity index (χ2n) is 5.56. The molecule has 1 aliphatic heterocycles. The zero-order valence-corrected chi connectivity index (χ0v) is 12.5. The number of piperidine rings is 1. The Morgan fingerprint density at radius 2 is 2.00 bits per heavy atom. The first-order valence-electron chi connectivity index (χ1n) is 7.32. The van der Waals surface area contributed by atoms with Crippen molar-refractivity contribution in [3.8, 4) is 10.4 Å². The monoisotopic (exact) mass is 287 g/mol. The van der Waals surface area contributed by atoms with E-state index in [1.807, 2.05) is 11.3 Å². The van der Waals surface area contributed by atoms with Crippen molar-refractivity contribution in [1.29, 1.82) is 0 Å². The Labute approximate surface area is 124 Å². The fourth-order valence-corrected chi connectivity index (χ4v) is 3.94. The van der Waals surface area contributed by atoms with Gasteiger partial charge in [0.05, 0.1) is 0 Å². The van der Waals surface area contributed by atoms with Crippen LogP contribution in [0.3, 0.4) is 0 Å². The van der Waals surface area contributed by atoms with Crippen LogP contribution in [-0.4, -0.2) is 29.7 Å². The molecule has 1 aromatic heterocycles. The normalized spacial score (nSPS) is 20.1. The molecule has 0 radical (unpaired) electrons. The van der Waals surface area contributed by atoms with Crippen LogP contribution in [0.15, 0.2) is 42.5 Å². The van der Waals surface area contributed by atoms with Crippen molar-refractivity contribution in [2.45, 2.75) is 19.4 Å². The summed E-state index contributed by atoms with van der Waals surface area (Å²) >= 11 is 1.88. The highest BCUT2D eigenvalue weighted by Crippen LogP contribution is 2.29. The predicted octanol–water partition coefficient (Wildman–Crippen LogP) is 3.62. The maximum Gasteiger partial charge on any atom is 0.0471 e. The number of aliphatic hydroxyl groups is 1. The van der Waals surface area contributed by atoms with Gasteiger partial charge in [-0.2, -0.15) is 0 Å². The van der Waals surface area contributed by atoms with E-state index in [4.69, 9.17) is 0 Å². The Morgan fingerprint density at radius 3 is 2.80 bits per heavy atom. The smallest absolute Gasteiger partial charge is 0.0471 e. The number of aliphatic hydroxyl groups excluding tert-OH is 1. The standard InChI is InChI=1S/C17H21NOS/c19-13-14-5-4-10-18(11-14)12-16-8-9-17(20-16)15-6-2-1-3-7-15/h1-3,6-9,14,19H,4-5,10-13H2. The van der Waals surface area contributed by atoms with Crippen LogP contribution < -0.4 is 0 Å². The third kappa shape index (κ3) is 3.29. The third-order valence-corrected chi connectivity index (χ3v) is 5.08. The van der Waals surface area contributed by atoms with Gasteiger partial charge in [0.15, 0.2) is 0 Å². The second kappa shape index (κ2) is 6.53. The fourth-order valence-electron chi connectivity index (χ4n) is 2.88. The van der Waals surface area contributed by atoms with Gasteiger partial charge < -0.3 is 5.11 Å². The number of hydrogen-bond donors (Lipinski definition) is 1. The number of nitrogens with zero attached hydrogens (tertiary/aromatic N) is 1. The lowest BCUT2D eigenvalue weighted by Gasteiger charge is -2.31. The van der Waals surface area contributed by atoms with Gasteiger partial charge in [-0.3, -0.25) is 4.90 Å². The van der Waals surface area contributed by atoms with Gasteiger partial charge in [-0.25, -0.2) is 0 Å². The molecular weight excluding hydrogens is 266 g/mol. The predicted molar refractivity (Wildman–Crippen MR) is 84.8 cm³/mol. The fraction of sp³-hybridized carbons (Fsp3) is 0.412. The summed E-state index contributed by atoms with van der Waals surface area (Å²) in [5, 5.41) is 9.30. The SMILES string of the molecule is OCC1CCCN(Cc2ccc(-c3ccccc3)s2)C1. The number of benzene rings is 1. The van der Waals surface area contributed by atoms with E-state index in [1.165, 1.54) is 28.2 Å². The van der Waals surface area contributed by atoms with E-state index in [1.54, 1.807) is 0 Å². The molecule has 1 N–H and O–H groups in total. The van der Waals surface area contributed by atoms with Gasteiger partial charge in [0, 0.05) is 29.5 Å². The first kappa shape index (κ1) is 13.8. The van der Waals surface area contributed by atoms with Crippen LogP contribution in [0.1, 0.15) is 17.7 Å². The molecule has 0 spiro atoms. The molecule has 2 heterocycles. The van der Waals surface area contributed by atoms with Crippen LogP contribution >= 0.6 is 11.3 Å². The zero-order chi connectivity index (χ0) is 13.8. The van der Waals surface area contributed by atoms with E-state index < -0.39 is 0 Å². The molecule has 1 unspecified atom stereocenters. The summed E-state index contributed by atoms with van der Waals surface area (Å²) in [5.41, 5.74) is 1.30. The highest BCUT2D eigenvalue weighted by Gasteiger charge is 2.19. The van der Waals surface area contributed by atoms with Crippen molar-refractivity contribution >= 4 is 11.3 Å². The lowest BCUT2D eigenvalue weighted by Crippen LogP contribution is -2.36. The molecule has 1 saturated heterocycles. The first-order chi connectivity index (χ1) is 9.85. The highest BCUT2D eigenvalue weighted by atomic mass is 32.1. The van der Waals surface area contributed by atoms with Gasteiger partial charge in [-0.15, -0.1) is 11.3 Å². The van der Waals surface area contributed by atoms with E-state index in [2.05, 4.69) is 47.4 Å². The van der Waals surface area contributed by atoms with Gasteiger partial charge in [0.2, 0.25) is 0 Å². The van der Waals surface area contributed by atoms with Crippen molar-refractivity contribution in [3.63, 3.8) is 0 Å². The molecule has 1 aromatic carbocycles. The van der Waals surface area contributed by atoms with Crippen LogP contribution in [0, 0.1) is 5.92 Å². The van der Waals surface area contributed by atoms with Crippen LogP contribution in [0.4, 0.5) is 0 Å². The van der Waals surface area contributed by atoms with Crippen molar-refractivity contribution < 1.29 is 5.11 Å². The number of likely N-dealkylation sites (tertiary alicyclic amines) is 1. The average molecular weight is 287 g/mol. The largest absolute Gasteiger partial charge is 0.396 e. The Kier molecular flexibility index (Phi) is 4.51. The Morgan fingerprint density at radius 1 is 1.15 bits per heavy atom. The lowest BCUT2D eigenvalue weighted by molar-refractivity contribution is 0.116. The average Bonchev–Trinajstić information content (AvgIpc) is 2.97. The first-order valence-corrected chi connectivity index (χ1v) is 8.14. The maximum atomic E-state index is 9.30. The summed E-state index contributed by atoms with van der Waals surface area (Å²) in [5.74, 6) is 0.470. The minimum Gasteiger partial charge on any atom is -0.396 e. The quantitative estimate of drug-likeness (QED) is 0.928. The molecular formula is C17H21NOS. The number of rotatable bonds is 4. The van der Waals surface area contributed by atoms with Gasteiger partial charge in [-0.05, 0) is 43.0 Å².